The molecule has 0 saturated heterocycles. The molecule has 0 fully saturated rings. The Morgan fingerprint density at radius 3 is 2.75 bits per heavy atom. The van der Waals surface area contributed by atoms with Crippen LogP contribution in [0.4, 0.5) is 0 Å². The van der Waals surface area contributed by atoms with Gasteiger partial charge in [-0.3, -0.25) is 0 Å². The summed E-state index contributed by atoms with van der Waals surface area (Å²) in [6.45, 7) is 0. The average Bonchev–Trinajstić information content (AvgIpc) is 1.83. The van der Waals surface area contributed by atoms with Gasteiger partial charge in [0.05, 0.1) is 6.07 Å². The summed E-state index contributed by atoms with van der Waals surface area (Å²) in [7, 11) is 0. The summed E-state index contributed by atoms with van der Waals surface area (Å²) in [5.74, 6) is 0. The molecule has 0 heterocycles. The maximum Gasteiger partial charge on any atom is 0.180 e. The average molecular weight is 110 g/mol. The van der Waals surface area contributed by atoms with Crippen LogP contribution in [0.1, 0.15) is 0 Å². The molecule has 1 atom stereocenters. The Hall–Kier alpha value is -1.53. The first-order valence-corrected chi connectivity index (χ1v) is 1.74. The maximum absolute atomic E-state index is 9.64. The Kier molecular flexibility index (Phi) is 2.95. The van der Waals surface area contributed by atoms with Gasteiger partial charge in [0.25, 0.3) is 0 Å². The van der Waals surface area contributed by atoms with Crippen molar-refractivity contribution in [3.8, 4) is 6.07 Å². The second kappa shape index (κ2) is 3.65. The number of nitriles is 1. The zero-order chi connectivity index (χ0) is 6.41. The normalized spacial score (nSPS) is 10.4. The van der Waals surface area contributed by atoms with E-state index in [1.807, 2.05) is 0 Å². The Morgan fingerprint density at radius 2 is 2.62 bits per heavy atom. The molecule has 0 aromatic rings. The van der Waals surface area contributed by atoms with Gasteiger partial charge in [-0.2, -0.15) is 5.26 Å². The van der Waals surface area contributed by atoms with Crippen LogP contribution in [-0.2, 0) is 4.79 Å². The molecule has 8 heavy (non-hydrogen) atoms. The van der Waals surface area contributed by atoms with Crippen molar-refractivity contribution < 1.29 is 4.79 Å². The third kappa shape index (κ3) is 1.80. The van der Waals surface area contributed by atoms with Gasteiger partial charge in [-0.25, -0.2) is 0 Å². The van der Waals surface area contributed by atoms with Crippen LogP contribution < -0.4 is 0 Å². The summed E-state index contributed by atoms with van der Waals surface area (Å²) in [5.41, 5.74) is 7.65. The fourth-order valence-corrected chi connectivity index (χ4v) is 0.139. The molecular weight excluding hydrogens is 108 g/mol. The van der Waals surface area contributed by atoms with Crippen molar-refractivity contribution in [3.63, 3.8) is 0 Å². The van der Waals surface area contributed by atoms with Crippen molar-refractivity contribution in [3.05, 3.63) is 10.4 Å². The van der Waals surface area contributed by atoms with Crippen molar-refractivity contribution >= 4 is 6.29 Å². The van der Waals surface area contributed by atoms with E-state index < -0.39 is 6.04 Å². The summed E-state index contributed by atoms with van der Waals surface area (Å²) < 4.78 is 0. The van der Waals surface area contributed by atoms with E-state index in [4.69, 9.17) is 10.8 Å². The lowest BCUT2D eigenvalue weighted by atomic mass is 10.4. The highest BCUT2D eigenvalue weighted by Gasteiger charge is 1.96. The van der Waals surface area contributed by atoms with Gasteiger partial charge in [-0.05, 0) is 5.53 Å². The third-order valence-electron chi connectivity index (χ3n) is 0.437. The van der Waals surface area contributed by atoms with Crippen LogP contribution in [0.2, 0.25) is 0 Å². The van der Waals surface area contributed by atoms with Crippen LogP contribution >= 0.6 is 0 Å². The highest BCUT2D eigenvalue weighted by atomic mass is 16.1. The summed E-state index contributed by atoms with van der Waals surface area (Å²) in [4.78, 5) is 11.9. The Balaban J connectivity index is 3.94. The molecule has 0 amide bonds. The number of carbonyl (C=O) groups excluding carboxylic acids is 1. The van der Waals surface area contributed by atoms with E-state index in [1.165, 1.54) is 6.07 Å². The lowest BCUT2D eigenvalue weighted by Gasteiger charge is -1.78. The molecule has 0 aromatic carbocycles. The molecular formula is C3H2N4O. The van der Waals surface area contributed by atoms with Crippen LogP contribution in [0, 0.1) is 11.3 Å². The molecule has 0 aromatic heterocycles. The van der Waals surface area contributed by atoms with Crippen molar-refractivity contribution in [2.24, 2.45) is 5.11 Å². The van der Waals surface area contributed by atoms with Crippen LogP contribution in [0.5, 0.6) is 0 Å². The molecule has 0 N–H and O–H groups in total. The number of nitrogens with zero attached hydrogens (tertiary/aromatic N) is 4. The summed E-state index contributed by atoms with van der Waals surface area (Å²) >= 11 is 0. The Labute approximate surface area is 45.2 Å². The molecule has 5 heteroatoms. The number of aldehydes is 1. The van der Waals surface area contributed by atoms with Crippen LogP contribution in [0.3, 0.4) is 0 Å². The van der Waals surface area contributed by atoms with Crippen LogP contribution in [-0.4, -0.2) is 12.3 Å². The maximum atomic E-state index is 9.64. The summed E-state index contributed by atoms with van der Waals surface area (Å²) in [6, 6.07) is 0.298. The molecule has 1 unspecified atom stereocenters. The number of rotatable bonds is 2. The first-order chi connectivity index (χ1) is 3.85. The topological polar surface area (TPSA) is 89.6 Å². The summed E-state index contributed by atoms with van der Waals surface area (Å²) in [6.07, 6.45) is 0.278. The van der Waals surface area contributed by atoms with E-state index in [2.05, 4.69) is 10.0 Å². The molecule has 0 aliphatic heterocycles. The van der Waals surface area contributed by atoms with Crippen molar-refractivity contribution in [2.75, 3.05) is 0 Å². The third-order valence-corrected chi connectivity index (χ3v) is 0.437. The fraction of sp³-hybridized carbons (Fsp3) is 0.333. The molecule has 40 valence electrons. The van der Waals surface area contributed by atoms with Gasteiger partial charge in [0.15, 0.2) is 6.04 Å². The predicted octanol–water partition coefficient (Wildman–Crippen LogP) is 0.388. The van der Waals surface area contributed by atoms with Crippen molar-refractivity contribution in [1.82, 2.24) is 0 Å². The van der Waals surface area contributed by atoms with E-state index in [1.54, 1.807) is 0 Å². The van der Waals surface area contributed by atoms with Gasteiger partial charge < -0.3 is 4.79 Å². The molecule has 0 spiro atoms. The lowest BCUT2D eigenvalue weighted by Crippen LogP contribution is -1.98. The minimum Gasteiger partial charge on any atom is -0.302 e. The monoisotopic (exact) mass is 110 g/mol. The van der Waals surface area contributed by atoms with E-state index >= 15 is 0 Å². The Bertz CT molecular complexity index is 163. The Morgan fingerprint density at radius 1 is 2.00 bits per heavy atom. The molecule has 0 bridgehead atoms. The second-order valence-corrected chi connectivity index (χ2v) is 0.915. The number of carbonyl (C=O) groups is 1. The molecule has 0 saturated carbocycles. The molecule has 0 aliphatic rings. The van der Waals surface area contributed by atoms with Crippen molar-refractivity contribution in [1.29, 1.82) is 5.26 Å². The highest BCUT2D eigenvalue weighted by Crippen LogP contribution is 1.80. The zero-order valence-electron chi connectivity index (χ0n) is 3.85. The summed E-state index contributed by atoms with van der Waals surface area (Å²) in [5, 5.41) is 10.7. The fourth-order valence-electron chi connectivity index (χ4n) is 0.139. The highest BCUT2D eigenvalue weighted by molar-refractivity contribution is 5.61. The van der Waals surface area contributed by atoms with Crippen LogP contribution in [0.15, 0.2) is 5.11 Å². The van der Waals surface area contributed by atoms with Gasteiger partial charge in [-0.1, -0.05) is 5.11 Å². The smallest absolute Gasteiger partial charge is 0.180 e. The molecule has 0 rings (SSSR count). The van der Waals surface area contributed by atoms with Gasteiger partial charge in [-0.15, -0.1) is 0 Å². The number of hydrogen-bond donors (Lipinski definition) is 0. The van der Waals surface area contributed by atoms with Gasteiger partial charge in [0.2, 0.25) is 0 Å². The number of hydrogen-bond acceptors (Lipinski definition) is 3. The van der Waals surface area contributed by atoms with E-state index in [-0.39, 0.29) is 6.29 Å². The standard InChI is InChI=1S/C3H2N4O/c4-1-3(2-8)6-7-5/h2-3H. The molecule has 5 nitrogen and oxygen atoms in total. The first kappa shape index (κ1) is 6.47. The van der Waals surface area contributed by atoms with Gasteiger partial charge >= 0.3 is 0 Å². The van der Waals surface area contributed by atoms with Gasteiger partial charge in [0.1, 0.15) is 6.29 Å². The minimum absolute atomic E-state index is 0.278. The van der Waals surface area contributed by atoms with Crippen LogP contribution in [0.25, 0.3) is 10.4 Å². The quantitative estimate of drug-likeness (QED) is 0.222. The molecule has 0 aliphatic carbocycles. The SMILES string of the molecule is N#CC(C=O)N=[N+]=[N-]. The second-order valence-electron chi connectivity index (χ2n) is 0.915. The first-order valence-electron chi connectivity index (χ1n) is 1.74. The minimum atomic E-state index is -1.17. The van der Waals surface area contributed by atoms with E-state index in [9.17, 15) is 4.79 Å². The van der Waals surface area contributed by atoms with Gasteiger partial charge in [0, 0.05) is 4.91 Å². The van der Waals surface area contributed by atoms with E-state index in [0.29, 0.717) is 0 Å². The molecule has 0 radical (unpaired) electrons. The predicted molar refractivity (Wildman–Crippen MR) is 24.6 cm³/mol. The van der Waals surface area contributed by atoms with Crippen molar-refractivity contribution in [2.45, 2.75) is 6.04 Å². The largest absolute Gasteiger partial charge is 0.302 e. The number of azide groups is 1. The lowest BCUT2D eigenvalue weighted by molar-refractivity contribution is -0.107. The zero-order valence-corrected chi connectivity index (χ0v) is 3.85. The van der Waals surface area contributed by atoms with E-state index in [0.717, 1.165) is 0 Å².